The molecule has 1 aliphatic heterocycles. The number of tetrazole rings is 1. The van der Waals surface area contributed by atoms with Gasteiger partial charge in [-0.25, -0.2) is 4.68 Å². The predicted molar refractivity (Wildman–Crippen MR) is 139 cm³/mol. The van der Waals surface area contributed by atoms with Crippen LogP contribution in [0, 0.1) is 0 Å². The minimum absolute atomic E-state index is 0.0889. The predicted octanol–water partition coefficient (Wildman–Crippen LogP) is 4.11. The SMILES string of the molecule is COc1ccc2[nH]c(=O)c([C@H](c3nnnn3C(C)(C)C)N(Cc3cccs3)C[C@H]3CCCO3)cc2c1. The largest absolute Gasteiger partial charge is 0.497 e. The first-order valence-corrected chi connectivity index (χ1v) is 13.1. The molecule has 9 nitrogen and oxygen atoms in total. The number of fused-ring (bicyclic) bond motifs is 1. The summed E-state index contributed by atoms with van der Waals surface area (Å²) in [6.45, 7) is 8.25. The van der Waals surface area contributed by atoms with Crippen molar-refractivity contribution >= 4 is 22.2 Å². The van der Waals surface area contributed by atoms with Gasteiger partial charge in [-0.3, -0.25) is 9.69 Å². The molecule has 0 bridgehead atoms. The Morgan fingerprint density at radius 1 is 1.31 bits per heavy atom. The topological polar surface area (TPSA) is 98.2 Å². The highest BCUT2D eigenvalue weighted by Crippen LogP contribution is 2.33. The van der Waals surface area contributed by atoms with Crippen LogP contribution >= 0.6 is 11.3 Å². The van der Waals surface area contributed by atoms with Crippen LogP contribution in [0.2, 0.25) is 0 Å². The molecule has 190 valence electrons. The Morgan fingerprint density at radius 2 is 2.17 bits per heavy atom. The van der Waals surface area contributed by atoms with E-state index in [1.165, 1.54) is 4.88 Å². The van der Waals surface area contributed by atoms with Gasteiger partial charge in [0.25, 0.3) is 5.56 Å². The van der Waals surface area contributed by atoms with Crippen molar-refractivity contribution in [2.24, 2.45) is 0 Å². The second kappa shape index (κ2) is 10.1. The summed E-state index contributed by atoms with van der Waals surface area (Å²) >= 11 is 1.70. The fourth-order valence-corrected chi connectivity index (χ4v) is 5.52. The minimum Gasteiger partial charge on any atom is -0.497 e. The zero-order valence-corrected chi connectivity index (χ0v) is 21.9. The number of hydrogen-bond donors (Lipinski definition) is 1. The molecular formula is C26H32N6O3S. The van der Waals surface area contributed by atoms with E-state index in [-0.39, 0.29) is 17.2 Å². The van der Waals surface area contributed by atoms with E-state index in [1.807, 2.05) is 35.0 Å². The van der Waals surface area contributed by atoms with Crippen molar-refractivity contribution in [3.8, 4) is 5.75 Å². The van der Waals surface area contributed by atoms with Gasteiger partial charge in [-0.15, -0.1) is 16.4 Å². The summed E-state index contributed by atoms with van der Waals surface area (Å²) in [7, 11) is 1.64. The smallest absolute Gasteiger partial charge is 0.253 e. The lowest BCUT2D eigenvalue weighted by molar-refractivity contribution is 0.0569. The average Bonchev–Trinajstić information content (AvgIpc) is 3.62. The zero-order valence-electron chi connectivity index (χ0n) is 21.1. The van der Waals surface area contributed by atoms with Crippen molar-refractivity contribution in [2.75, 3.05) is 20.3 Å². The van der Waals surface area contributed by atoms with Gasteiger partial charge in [0.15, 0.2) is 5.82 Å². The van der Waals surface area contributed by atoms with E-state index in [2.05, 4.69) is 57.6 Å². The number of H-pyrrole nitrogens is 1. The van der Waals surface area contributed by atoms with Gasteiger partial charge in [-0.2, -0.15) is 0 Å². The van der Waals surface area contributed by atoms with E-state index < -0.39 is 6.04 Å². The maximum atomic E-state index is 13.6. The lowest BCUT2D eigenvalue weighted by Crippen LogP contribution is -2.40. The van der Waals surface area contributed by atoms with E-state index in [1.54, 1.807) is 18.4 Å². The Morgan fingerprint density at radius 3 is 2.86 bits per heavy atom. The molecule has 36 heavy (non-hydrogen) atoms. The number of hydrogen-bond acceptors (Lipinski definition) is 8. The molecule has 4 heterocycles. The number of pyridine rings is 1. The first kappa shape index (κ1) is 24.6. The van der Waals surface area contributed by atoms with Crippen molar-refractivity contribution in [2.45, 2.75) is 57.8 Å². The van der Waals surface area contributed by atoms with Crippen LogP contribution in [-0.4, -0.2) is 56.5 Å². The van der Waals surface area contributed by atoms with Gasteiger partial charge >= 0.3 is 0 Å². The Kier molecular flexibility index (Phi) is 6.92. The highest BCUT2D eigenvalue weighted by molar-refractivity contribution is 7.09. The third-order valence-electron chi connectivity index (χ3n) is 6.51. The van der Waals surface area contributed by atoms with Gasteiger partial charge < -0.3 is 14.5 Å². The van der Waals surface area contributed by atoms with E-state index >= 15 is 0 Å². The second-order valence-electron chi connectivity index (χ2n) is 10.2. The molecule has 1 N–H and O–H groups in total. The van der Waals surface area contributed by atoms with Crippen LogP contribution < -0.4 is 10.3 Å². The Bertz CT molecular complexity index is 1370. The molecule has 4 aromatic rings. The van der Waals surface area contributed by atoms with E-state index in [0.717, 1.165) is 36.1 Å². The first-order valence-electron chi connectivity index (χ1n) is 12.2. The van der Waals surface area contributed by atoms with Gasteiger partial charge in [0.1, 0.15) is 11.8 Å². The molecule has 0 spiro atoms. The molecule has 0 unspecified atom stereocenters. The summed E-state index contributed by atoms with van der Waals surface area (Å²) in [4.78, 5) is 20.2. The highest BCUT2D eigenvalue weighted by atomic mass is 32.1. The maximum absolute atomic E-state index is 13.6. The van der Waals surface area contributed by atoms with E-state index in [4.69, 9.17) is 9.47 Å². The number of methoxy groups -OCH3 is 1. The van der Waals surface area contributed by atoms with Gasteiger partial charge in [0.2, 0.25) is 0 Å². The monoisotopic (exact) mass is 508 g/mol. The highest BCUT2D eigenvalue weighted by Gasteiger charge is 2.35. The van der Waals surface area contributed by atoms with E-state index in [0.29, 0.717) is 24.5 Å². The number of nitrogens with one attached hydrogen (secondary N) is 1. The molecule has 3 aromatic heterocycles. The number of nitrogens with zero attached hydrogens (tertiary/aromatic N) is 5. The normalized spacial score (nSPS) is 17.2. The maximum Gasteiger partial charge on any atom is 0.253 e. The first-order chi connectivity index (χ1) is 17.3. The van der Waals surface area contributed by atoms with Gasteiger partial charge in [-0.1, -0.05) is 6.07 Å². The number of aromatic amines is 1. The van der Waals surface area contributed by atoms with Gasteiger partial charge in [-0.05, 0) is 79.8 Å². The molecule has 1 saturated heterocycles. The van der Waals surface area contributed by atoms with Crippen LogP contribution in [0.1, 0.15) is 55.9 Å². The second-order valence-corrected chi connectivity index (χ2v) is 11.2. The van der Waals surface area contributed by atoms with Crippen molar-refractivity contribution < 1.29 is 9.47 Å². The molecule has 0 amide bonds. The number of thiophene rings is 1. The van der Waals surface area contributed by atoms with Crippen LogP contribution in [0.4, 0.5) is 0 Å². The van der Waals surface area contributed by atoms with Gasteiger partial charge in [0.05, 0.1) is 18.8 Å². The summed E-state index contributed by atoms with van der Waals surface area (Å²) in [6, 6.07) is 11.3. The van der Waals surface area contributed by atoms with Crippen molar-refractivity contribution in [1.29, 1.82) is 0 Å². The van der Waals surface area contributed by atoms with Crippen LogP contribution in [0.5, 0.6) is 5.75 Å². The van der Waals surface area contributed by atoms with Gasteiger partial charge in [0, 0.05) is 41.0 Å². The third-order valence-corrected chi connectivity index (χ3v) is 7.38. The molecule has 0 aliphatic carbocycles. The molecule has 1 fully saturated rings. The quantitative estimate of drug-likeness (QED) is 0.382. The molecule has 1 aromatic carbocycles. The Balaban J connectivity index is 1.69. The van der Waals surface area contributed by atoms with E-state index in [9.17, 15) is 4.79 Å². The number of benzene rings is 1. The number of aromatic nitrogens is 5. The summed E-state index contributed by atoms with van der Waals surface area (Å²) in [5.74, 6) is 1.36. The Labute approximate surface area is 214 Å². The molecular weight excluding hydrogens is 476 g/mol. The fraction of sp³-hybridized carbons (Fsp3) is 0.462. The lowest BCUT2D eigenvalue weighted by atomic mass is 10.0. The van der Waals surface area contributed by atoms with Crippen molar-refractivity contribution in [1.82, 2.24) is 30.1 Å². The van der Waals surface area contributed by atoms with Crippen LogP contribution in [-0.2, 0) is 16.8 Å². The molecule has 2 atom stereocenters. The summed E-state index contributed by atoms with van der Waals surface area (Å²) < 4.78 is 13.3. The summed E-state index contributed by atoms with van der Waals surface area (Å²) in [6.07, 6.45) is 2.12. The average molecular weight is 509 g/mol. The molecule has 0 saturated carbocycles. The third kappa shape index (κ3) is 5.07. The molecule has 0 radical (unpaired) electrons. The fourth-order valence-electron chi connectivity index (χ4n) is 4.79. The molecule has 5 rings (SSSR count). The number of ether oxygens (including phenoxy) is 2. The van der Waals surface area contributed by atoms with Crippen molar-refractivity contribution in [3.63, 3.8) is 0 Å². The minimum atomic E-state index is -0.482. The summed E-state index contributed by atoms with van der Waals surface area (Å²) in [5, 5.41) is 15.8. The molecule has 10 heteroatoms. The zero-order chi connectivity index (χ0) is 25.3. The van der Waals surface area contributed by atoms with Crippen LogP contribution in [0.3, 0.4) is 0 Å². The number of rotatable bonds is 8. The summed E-state index contributed by atoms with van der Waals surface area (Å²) in [5.41, 5.74) is 0.806. The molecule has 1 aliphatic rings. The standard InChI is InChI=1S/C26H32N6O3S/c1-26(2,3)32-24(28-29-30-32)23(21-14-17-13-18(34-4)9-10-22(17)27-25(21)33)31(15-19-7-5-11-35-19)16-20-8-6-12-36-20/h6,8-10,12-14,19,23H,5,7,11,15-16H2,1-4H3,(H,27,33)/t19-,23-/m1/s1. The van der Waals surface area contributed by atoms with Crippen LogP contribution in [0.15, 0.2) is 46.6 Å². The van der Waals surface area contributed by atoms with Crippen LogP contribution in [0.25, 0.3) is 10.9 Å². The lowest BCUT2D eigenvalue weighted by Gasteiger charge is -2.34. The Hall–Kier alpha value is -3.08. The van der Waals surface area contributed by atoms with Crippen molar-refractivity contribution in [3.05, 3.63) is 68.4 Å².